The Morgan fingerprint density at radius 2 is 1.93 bits per heavy atom. The molecule has 1 amide bonds. The molecule has 2 unspecified atom stereocenters. The van der Waals surface area contributed by atoms with Crippen LogP contribution in [0.1, 0.15) is 24.2 Å². The first-order valence-corrected chi connectivity index (χ1v) is 8.37. The number of carbonyl (C=O) groups excluding carboxylic acids is 2. The van der Waals surface area contributed by atoms with Gasteiger partial charge in [0.1, 0.15) is 11.6 Å². The van der Waals surface area contributed by atoms with Gasteiger partial charge in [0.05, 0.1) is 7.11 Å². The van der Waals surface area contributed by atoms with E-state index >= 15 is 0 Å². The topological polar surface area (TPSA) is 124 Å². The molecule has 144 valence electrons. The molecular weight excluding hydrogens is 350 g/mol. The predicted molar refractivity (Wildman–Crippen MR) is 98.9 cm³/mol. The molecule has 1 heterocycles. The number of nitrogen functional groups attached to an aromatic ring is 1. The van der Waals surface area contributed by atoms with E-state index in [2.05, 4.69) is 15.0 Å². The Labute approximate surface area is 157 Å². The number of hydrogen-bond acceptors (Lipinski definition) is 7. The summed E-state index contributed by atoms with van der Waals surface area (Å²) in [5, 5.41) is 12.9. The van der Waals surface area contributed by atoms with Gasteiger partial charge in [0.2, 0.25) is 0 Å². The Morgan fingerprint density at radius 1 is 1.22 bits per heavy atom. The number of nitrogens with one attached hydrogen (secondary N) is 1. The molecule has 2 atom stereocenters. The third-order valence-electron chi connectivity index (χ3n) is 3.81. The van der Waals surface area contributed by atoms with E-state index in [1.165, 1.54) is 19.4 Å². The van der Waals surface area contributed by atoms with E-state index in [0.717, 1.165) is 5.56 Å². The van der Waals surface area contributed by atoms with Gasteiger partial charge in [-0.2, -0.15) is 0 Å². The van der Waals surface area contributed by atoms with Crippen LogP contribution in [0.2, 0.25) is 0 Å². The van der Waals surface area contributed by atoms with Gasteiger partial charge in [-0.15, -0.1) is 0 Å². The standard InChI is InChI=1S/C19H23N3O5/c1-12(22-19(25)18(24)14-5-8-16(20)21-10-14)9-13-3-6-15(7-4-13)27-11-17(23)26-2/h3-8,10,12,18,24H,9,11H2,1-2H3,(H2,20,21)(H,22,25). The van der Waals surface area contributed by atoms with Crippen LogP contribution >= 0.6 is 0 Å². The highest BCUT2D eigenvalue weighted by Crippen LogP contribution is 2.15. The maximum atomic E-state index is 12.2. The number of aliphatic hydroxyl groups excluding tert-OH is 1. The molecule has 2 rings (SSSR count). The van der Waals surface area contributed by atoms with Crippen LogP contribution in [0, 0.1) is 0 Å². The molecule has 0 saturated heterocycles. The summed E-state index contributed by atoms with van der Waals surface area (Å²) >= 11 is 0. The molecule has 0 aliphatic heterocycles. The summed E-state index contributed by atoms with van der Waals surface area (Å²) in [6.45, 7) is 1.69. The first-order valence-electron chi connectivity index (χ1n) is 8.37. The lowest BCUT2D eigenvalue weighted by Gasteiger charge is -2.17. The van der Waals surface area contributed by atoms with E-state index in [0.29, 0.717) is 23.6 Å². The van der Waals surface area contributed by atoms with Gasteiger partial charge in [-0.1, -0.05) is 18.2 Å². The van der Waals surface area contributed by atoms with Crippen LogP contribution in [0.3, 0.4) is 0 Å². The number of benzene rings is 1. The molecule has 8 heteroatoms. The SMILES string of the molecule is COC(=O)COc1ccc(CC(C)NC(=O)C(O)c2ccc(N)nc2)cc1. The summed E-state index contributed by atoms with van der Waals surface area (Å²) in [6, 6.07) is 10.0. The summed E-state index contributed by atoms with van der Waals surface area (Å²) in [5.41, 5.74) is 6.84. The number of anilines is 1. The molecule has 0 aliphatic rings. The Hall–Kier alpha value is -3.13. The van der Waals surface area contributed by atoms with Crippen LogP contribution < -0.4 is 15.8 Å². The molecule has 2 aromatic rings. The molecule has 0 spiro atoms. The first-order chi connectivity index (χ1) is 12.9. The van der Waals surface area contributed by atoms with Crippen molar-refractivity contribution in [2.45, 2.75) is 25.5 Å². The zero-order chi connectivity index (χ0) is 19.8. The van der Waals surface area contributed by atoms with Crippen molar-refractivity contribution in [3.05, 3.63) is 53.7 Å². The Morgan fingerprint density at radius 3 is 2.52 bits per heavy atom. The average molecular weight is 373 g/mol. The summed E-state index contributed by atoms with van der Waals surface area (Å²) in [5.74, 6) is -0.0942. The maximum absolute atomic E-state index is 12.2. The van der Waals surface area contributed by atoms with E-state index in [4.69, 9.17) is 10.5 Å². The fourth-order valence-electron chi connectivity index (χ4n) is 2.38. The number of aromatic nitrogens is 1. The van der Waals surface area contributed by atoms with Gasteiger partial charge < -0.3 is 25.6 Å². The largest absolute Gasteiger partial charge is 0.482 e. The Bertz CT molecular complexity index is 762. The number of amides is 1. The number of aliphatic hydroxyl groups is 1. The van der Waals surface area contributed by atoms with Crippen molar-refractivity contribution in [1.82, 2.24) is 10.3 Å². The maximum Gasteiger partial charge on any atom is 0.343 e. The highest BCUT2D eigenvalue weighted by atomic mass is 16.6. The molecule has 0 saturated carbocycles. The number of ether oxygens (including phenoxy) is 2. The van der Waals surface area contributed by atoms with E-state index < -0.39 is 18.0 Å². The van der Waals surface area contributed by atoms with Crippen LogP contribution in [0.4, 0.5) is 5.82 Å². The molecule has 0 radical (unpaired) electrons. The highest BCUT2D eigenvalue weighted by Gasteiger charge is 2.19. The second-order valence-corrected chi connectivity index (χ2v) is 6.04. The highest BCUT2D eigenvalue weighted by molar-refractivity contribution is 5.82. The summed E-state index contributed by atoms with van der Waals surface area (Å²) in [7, 11) is 1.30. The van der Waals surface area contributed by atoms with E-state index in [1.807, 2.05) is 19.1 Å². The fourth-order valence-corrected chi connectivity index (χ4v) is 2.38. The lowest BCUT2D eigenvalue weighted by molar-refractivity contribution is -0.142. The molecule has 1 aromatic heterocycles. The van der Waals surface area contributed by atoms with Gasteiger partial charge in [0.25, 0.3) is 5.91 Å². The van der Waals surface area contributed by atoms with Crippen molar-refractivity contribution < 1.29 is 24.2 Å². The molecular formula is C19H23N3O5. The normalized spacial score (nSPS) is 12.7. The van der Waals surface area contributed by atoms with Crippen molar-refractivity contribution in [3.8, 4) is 5.75 Å². The van der Waals surface area contributed by atoms with Gasteiger partial charge in [-0.3, -0.25) is 4.79 Å². The van der Waals surface area contributed by atoms with Crippen LogP contribution in [-0.2, 0) is 20.7 Å². The molecule has 27 heavy (non-hydrogen) atoms. The Kier molecular flexibility index (Phi) is 7.13. The average Bonchev–Trinajstić information content (AvgIpc) is 2.67. The zero-order valence-electron chi connectivity index (χ0n) is 15.2. The molecule has 1 aromatic carbocycles. The minimum Gasteiger partial charge on any atom is -0.482 e. The van der Waals surface area contributed by atoms with Crippen molar-refractivity contribution in [1.29, 1.82) is 0 Å². The molecule has 8 nitrogen and oxygen atoms in total. The van der Waals surface area contributed by atoms with Crippen LogP contribution in [0.15, 0.2) is 42.6 Å². The number of nitrogens with two attached hydrogens (primary N) is 1. The predicted octanol–water partition coefficient (Wildman–Crippen LogP) is 0.996. The summed E-state index contributed by atoms with van der Waals surface area (Å²) in [6.07, 6.45) is 0.627. The molecule has 0 aliphatic carbocycles. The first kappa shape index (κ1) is 20.2. The lowest BCUT2D eigenvalue weighted by atomic mass is 10.1. The minimum atomic E-state index is -1.31. The summed E-state index contributed by atoms with van der Waals surface area (Å²) in [4.78, 5) is 27.1. The van der Waals surface area contributed by atoms with E-state index in [9.17, 15) is 14.7 Å². The quantitative estimate of drug-likeness (QED) is 0.590. The van der Waals surface area contributed by atoms with Crippen molar-refractivity contribution >= 4 is 17.7 Å². The monoisotopic (exact) mass is 373 g/mol. The zero-order valence-corrected chi connectivity index (χ0v) is 15.2. The summed E-state index contributed by atoms with van der Waals surface area (Å²) < 4.78 is 9.79. The van der Waals surface area contributed by atoms with Gasteiger partial charge >= 0.3 is 5.97 Å². The number of rotatable bonds is 8. The van der Waals surface area contributed by atoms with Crippen LogP contribution in [0.25, 0.3) is 0 Å². The third kappa shape index (κ3) is 6.27. The number of methoxy groups -OCH3 is 1. The Balaban J connectivity index is 1.85. The molecule has 4 N–H and O–H groups in total. The second-order valence-electron chi connectivity index (χ2n) is 6.04. The number of hydrogen-bond donors (Lipinski definition) is 3. The van der Waals surface area contributed by atoms with E-state index in [-0.39, 0.29) is 12.6 Å². The number of pyridine rings is 1. The smallest absolute Gasteiger partial charge is 0.343 e. The van der Waals surface area contributed by atoms with Crippen molar-refractivity contribution in [2.24, 2.45) is 0 Å². The minimum absolute atomic E-state index is 0.153. The molecule has 0 bridgehead atoms. The number of nitrogens with zero attached hydrogens (tertiary/aromatic N) is 1. The number of carbonyl (C=O) groups is 2. The van der Waals surface area contributed by atoms with E-state index in [1.54, 1.807) is 18.2 Å². The van der Waals surface area contributed by atoms with Gasteiger partial charge in [0, 0.05) is 17.8 Å². The van der Waals surface area contributed by atoms with Crippen LogP contribution in [0.5, 0.6) is 5.75 Å². The number of esters is 1. The second kappa shape index (κ2) is 9.54. The van der Waals surface area contributed by atoms with Gasteiger partial charge in [-0.05, 0) is 37.1 Å². The third-order valence-corrected chi connectivity index (χ3v) is 3.81. The lowest BCUT2D eigenvalue weighted by Crippen LogP contribution is -2.37. The van der Waals surface area contributed by atoms with Crippen molar-refractivity contribution in [3.63, 3.8) is 0 Å². The van der Waals surface area contributed by atoms with Crippen LogP contribution in [-0.4, -0.2) is 41.7 Å². The van der Waals surface area contributed by atoms with Crippen molar-refractivity contribution in [2.75, 3.05) is 19.5 Å². The van der Waals surface area contributed by atoms with Gasteiger partial charge in [-0.25, -0.2) is 9.78 Å². The molecule has 0 fully saturated rings. The van der Waals surface area contributed by atoms with Gasteiger partial charge in [0.15, 0.2) is 12.7 Å². The fraction of sp³-hybridized carbons (Fsp3) is 0.316.